The highest BCUT2D eigenvalue weighted by molar-refractivity contribution is 6.02. The van der Waals surface area contributed by atoms with Crippen molar-refractivity contribution in [3.63, 3.8) is 0 Å². The third-order valence-electron chi connectivity index (χ3n) is 6.83. The first-order chi connectivity index (χ1) is 20.3. The van der Waals surface area contributed by atoms with Crippen molar-refractivity contribution >= 4 is 11.4 Å². The summed E-state index contributed by atoms with van der Waals surface area (Å²) in [6.07, 6.45) is 1.80. The largest absolute Gasteiger partial charge is 0.256 e. The summed E-state index contributed by atoms with van der Waals surface area (Å²) in [6.45, 7) is 0.552. The lowest BCUT2D eigenvalue weighted by Gasteiger charge is -2.09. The molecular weight excluding hydrogens is 506 g/mol. The number of nitrogens with zero attached hydrogens (tertiary/aromatic N) is 7. The Balaban J connectivity index is 1.20. The number of hydrogen-bond acceptors (Lipinski definition) is 6. The molecule has 0 N–H and O–H groups in total. The van der Waals surface area contributed by atoms with Gasteiger partial charge in [-0.3, -0.25) is 4.98 Å². The topological polar surface area (TPSA) is 79.3 Å². The predicted molar refractivity (Wildman–Crippen MR) is 160 cm³/mol. The van der Waals surface area contributed by atoms with E-state index in [4.69, 9.17) is 15.0 Å². The normalized spacial score (nSPS) is 12.6. The zero-order valence-electron chi connectivity index (χ0n) is 22.0. The van der Waals surface area contributed by atoms with E-state index in [-0.39, 0.29) is 0 Å². The van der Waals surface area contributed by atoms with E-state index in [1.54, 1.807) is 6.20 Å². The first-order valence-electron chi connectivity index (χ1n) is 13.3. The van der Waals surface area contributed by atoms with Crippen molar-refractivity contribution < 1.29 is 4.70 Å². The molecule has 0 bridgehead atoms. The van der Waals surface area contributed by atoms with Crippen LogP contribution in [-0.2, 0) is 0 Å². The molecule has 41 heavy (non-hydrogen) atoms. The molecule has 0 fully saturated rings. The average molecular weight is 531 g/mol. The SMILES string of the molecule is c1ccc(-c2nc(-c3ccccc3)nc(-c3cccc(C4=NN=[N+](c5cccc(-c6ccccn6)c5)C4)c3)n2)cc1. The van der Waals surface area contributed by atoms with Gasteiger partial charge in [-0.1, -0.05) is 97.1 Å². The van der Waals surface area contributed by atoms with Gasteiger partial charge in [0.1, 0.15) is 5.22 Å². The standard InChI is InChI=1S/C34H24N7/c1-3-11-24(12-4-1)32-36-33(25-13-5-2-6-14-25)38-34(37-32)28-17-9-15-26(21-28)31-23-41(40-39-31)29-18-10-16-27(22-29)30-19-7-8-20-35-30/h1-22H,23H2/q+1. The number of benzene rings is 4. The minimum Gasteiger partial charge on any atom is -0.256 e. The number of aromatic nitrogens is 4. The van der Waals surface area contributed by atoms with E-state index in [9.17, 15) is 0 Å². The van der Waals surface area contributed by atoms with Crippen LogP contribution >= 0.6 is 0 Å². The monoisotopic (exact) mass is 530 g/mol. The number of pyridine rings is 1. The number of rotatable bonds is 6. The Kier molecular flexibility index (Phi) is 6.43. The first-order valence-corrected chi connectivity index (χ1v) is 13.3. The van der Waals surface area contributed by atoms with Gasteiger partial charge in [-0.05, 0) is 30.3 Å². The van der Waals surface area contributed by atoms with Crippen molar-refractivity contribution in [3.8, 4) is 45.4 Å². The molecule has 0 radical (unpaired) electrons. The molecule has 0 atom stereocenters. The molecule has 0 aliphatic carbocycles. The lowest BCUT2D eigenvalue weighted by molar-refractivity contribution is -0.492. The maximum atomic E-state index is 4.87. The number of hydrogen-bond donors (Lipinski definition) is 0. The summed E-state index contributed by atoms with van der Waals surface area (Å²) in [5.41, 5.74) is 7.52. The Morgan fingerprint density at radius 1 is 0.488 bits per heavy atom. The van der Waals surface area contributed by atoms with E-state index < -0.39 is 0 Å². The van der Waals surface area contributed by atoms with Crippen molar-refractivity contribution in [2.45, 2.75) is 0 Å². The van der Waals surface area contributed by atoms with Gasteiger partial charge in [-0.15, -0.1) is 4.70 Å². The lowest BCUT2D eigenvalue weighted by Crippen LogP contribution is -2.11. The second kappa shape index (κ2) is 10.8. The van der Waals surface area contributed by atoms with Crippen LogP contribution in [0.3, 0.4) is 0 Å². The maximum Gasteiger partial charge on any atom is 0.231 e. The van der Waals surface area contributed by atoms with Crippen molar-refractivity contribution in [1.29, 1.82) is 0 Å². The van der Waals surface area contributed by atoms with Gasteiger partial charge in [0.05, 0.1) is 10.8 Å². The third kappa shape index (κ3) is 5.16. The summed E-state index contributed by atoms with van der Waals surface area (Å²) >= 11 is 0. The highest BCUT2D eigenvalue weighted by Gasteiger charge is 2.25. The third-order valence-corrected chi connectivity index (χ3v) is 6.83. The summed E-state index contributed by atoms with van der Waals surface area (Å²) in [5.74, 6) is 1.87. The Labute approximate surface area is 237 Å². The summed E-state index contributed by atoms with van der Waals surface area (Å²) in [7, 11) is 0. The second-order valence-electron chi connectivity index (χ2n) is 9.58. The van der Waals surface area contributed by atoms with Crippen LogP contribution in [0.5, 0.6) is 0 Å². The molecule has 194 valence electrons. The van der Waals surface area contributed by atoms with Crippen molar-refractivity contribution in [3.05, 3.63) is 139 Å². The van der Waals surface area contributed by atoms with Gasteiger partial charge in [-0.2, -0.15) is 0 Å². The zero-order chi connectivity index (χ0) is 27.4. The summed E-state index contributed by atoms with van der Waals surface area (Å²) in [4.78, 5) is 19.0. The lowest BCUT2D eigenvalue weighted by atomic mass is 10.1. The van der Waals surface area contributed by atoms with Crippen LogP contribution in [0, 0.1) is 0 Å². The highest BCUT2D eigenvalue weighted by atomic mass is 15.5. The molecule has 7 rings (SSSR count). The molecule has 0 amide bonds. The van der Waals surface area contributed by atoms with E-state index in [1.807, 2.05) is 114 Å². The molecule has 2 aromatic heterocycles. The Morgan fingerprint density at radius 3 is 1.76 bits per heavy atom. The Bertz CT molecular complexity index is 1840. The van der Waals surface area contributed by atoms with Gasteiger partial charge in [0.25, 0.3) is 0 Å². The van der Waals surface area contributed by atoms with Gasteiger partial charge in [0.2, 0.25) is 5.71 Å². The minimum absolute atomic E-state index is 0.552. The highest BCUT2D eigenvalue weighted by Crippen LogP contribution is 2.27. The van der Waals surface area contributed by atoms with Crippen LogP contribution < -0.4 is 0 Å². The summed E-state index contributed by atoms with van der Waals surface area (Å²) in [6, 6.07) is 42.2. The molecule has 7 heteroatoms. The molecule has 0 saturated carbocycles. The average Bonchev–Trinajstić information content (AvgIpc) is 3.57. The van der Waals surface area contributed by atoms with Gasteiger partial charge >= 0.3 is 0 Å². The molecule has 3 heterocycles. The molecular formula is C34H24N7+. The molecule has 0 saturated heterocycles. The maximum absolute atomic E-state index is 4.87. The van der Waals surface area contributed by atoms with Gasteiger partial charge in [0, 0.05) is 34.0 Å². The van der Waals surface area contributed by atoms with Gasteiger partial charge in [0.15, 0.2) is 29.7 Å². The van der Waals surface area contributed by atoms with Crippen molar-refractivity contribution in [2.75, 3.05) is 6.54 Å². The van der Waals surface area contributed by atoms with E-state index >= 15 is 0 Å². The fraction of sp³-hybridized carbons (Fsp3) is 0.0294. The van der Waals surface area contributed by atoms with Crippen molar-refractivity contribution in [1.82, 2.24) is 19.9 Å². The van der Waals surface area contributed by atoms with Gasteiger partial charge < -0.3 is 0 Å². The van der Waals surface area contributed by atoms with E-state index in [0.717, 1.165) is 44.9 Å². The fourth-order valence-corrected chi connectivity index (χ4v) is 4.74. The zero-order valence-corrected chi connectivity index (χ0v) is 22.0. The predicted octanol–water partition coefficient (Wildman–Crippen LogP) is 7.45. The Morgan fingerprint density at radius 2 is 1.07 bits per heavy atom. The van der Waals surface area contributed by atoms with E-state index in [2.05, 4.69) is 33.5 Å². The Hall–Kier alpha value is -5.69. The van der Waals surface area contributed by atoms with Crippen LogP contribution in [-0.4, -0.2) is 36.9 Å². The minimum atomic E-state index is 0.552. The van der Waals surface area contributed by atoms with E-state index in [1.165, 1.54) is 0 Å². The van der Waals surface area contributed by atoms with Crippen LogP contribution in [0.15, 0.2) is 144 Å². The first kappa shape index (κ1) is 24.4. The van der Waals surface area contributed by atoms with Gasteiger partial charge in [-0.25, -0.2) is 15.0 Å². The molecule has 7 nitrogen and oxygen atoms in total. The molecule has 1 aliphatic rings. The fourth-order valence-electron chi connectivity index (χ4n) is 4.74. The van der Waals surface area contributed by atoms with Crippen LogP contribution in [0.4, 0.5) is 5.69 Å². The van der Waals surface area contributed by atoms with Crippen LogP contribution in [0.25, 0.3) is 45.4 Å². The molecule has 4 aromatic carbocycles. The quantitative estimate of drug-likeness (QED) is 0.210. The van der Waals surface area contributed by atoms with Crippen molar-refractivity contribution in [2.24, 2.45) is 10.3 Å². The molecule has 1 aliphatic heterocycles. The molecule has 0 unspecified atom stereocenters. The summed E-state index contributed by atoms with van der Waals surface area (Å²) < 4.78 is 1.90. The second-order valence-corrected chi connectivity index (χ2v) is 9.58. The molecule has 0 spiro atoms. The summed E-state index contributed by atoms with van der Waals surface area (Å²) in [5, 5.41) is 9.00. The van der Waals surface area contributed by atoms with Crippen LogP contribution in [0.1, 0.15) is 5.56 Å². The van der Waals surface area contributed by atoms with E-state index in [0.29, 0.717) is 24.0 Å². The smallest absolute Gasteiger partial charge is 0.231 e. The molecule has 6 aromatic rings. The van der Waals surface area contributed by atoms with Crippen LogP contribution in [0.2, 0.25) is 0 Å².